The SMILES string of the molecule is O=C(c1cccc(Br)c1Cl)N1CCC2NCCC2C1. The molecule has 102 valence electrons. The first kappa shape index (κ1) is 13.4. The van der Waals surface area contributed by atoms with E-state index in [0.29, 0.717) is 22.5 Å². The number of likely N-dealkylation sites (tertiary alicyclic amines) is 1. The van der Waals surface area contributed by atoms with Crippen molar-refractivity contribution in [2.75, 3.05) is 19.6 Å². The molecule has 0 bridgehead atoms. The summed E-state index contributed by atoms with van der Waals surface area (Å²) >= 11 is 9.58. The minimum absolute atomic E-state index is 0.0525. The highest BCUT2D eigenvalue weighted by Gasteiger charge is 2.34. The van der Waals surface area contributed by atoms with Crippen molar-refractivity contribution in [1.29, 1.82) is 0 Å². The number of hydrogen-bond acceptors (Lipinski definition) is 2. The van der Waals surface area contributed by atoms with E-state index in [9.17, 15) is 4.79 Å². The number of fused-ring (bicyclic) bond motifs is 1. The van der Waals surface area contributed by atoms with Gasteiger partial charge in [0, 0.05) is 23.6 Å². The number of benzene rings is 1. The van der Waals surface area contributed by atoms with Crippen LogP contribution in [-0.2, 0) is 0 Å². The standard InChI is InChI=1S/C14H16BrClN2O/c15-11-3-1-2-10(13(11)16)14(19)18-7-5-12-9(8-18)4-6-17-12/h1-3,9,12,17H,4-8H2. The van der Waals surface area contributed by atoms with Crippen molar-refractivity contribution in [2.45, 2.75) is 18.9 Å². The number of nitrogens with zero attached hydrogens (tertiary/aromatic N) is 1. The number of carbonyl (C=O) groups is 1. The Morgan fingerprint density at radius 2 is 2.26 bits per heavy atom. The predicted molar refractivity (Wildman–Crippen MR) is 79.6 cm³/mol. The molecule has 19 heavy (non-hydrogen) atoms. The van der Waals surface area contributed by atoms with Gasteiger partial charge in [-0.25, -0.2) is 0 Å². The monoisotopic (exact) mass is 342 g/mol. The van der Waals surface area contributed by atoms with Crippen molar-refractivity contribution in [1.82, 2.24) is 10.2 Å². The van der Waals surface area contributed by atoms with E-state index in [1.165, 1.54) is 6.42 Å². The van der Waals surface area contributed by atoms with Crippen molar-refractivity contribution in [3.05, 3.63) is 33.3 Å². The Balaban J connectivity index is 1.79. The zero-order valence-electron chi connectivity index (χ0n) is 10.5. The first-order chi connectivity index (χ1) is 9.16. The van der Waals surface area contributed by atoms with Crippen molar-refractivity contribution in [3.63, 3.8) is 0 Å². The van der Waals surface area contributed by atoms with E-state index in [2.05, 4.69) is 21.2 Å². The van der Waals surface area contributed by atoms with E-state index in [1.807, 2.05) is 17.0 Å². The first-order valence-corrected chi connectivity index (χ1v) is 7.80. The number of hydrogen-bond donors (Lipinski definition) is 1. The molecule has 3 nitrogen and oxygen atoms in total. The van der Waals surface area contributed by atoms with E-state index >= 15 is 0 Å². The summed E-state index contributed by atoms with van der Waals surface area (Å²) < 4.78 is 0.775. The maximum atomic E-state index is 12.6. The van der Waals surface area contributed by atoms with Crippen LogP contribution in [0, 0.1) is 5.92 Å². The quantitative estimate of drug-likeness (QED) is 0.850. The summed E-state index contributed by atoms with van der Waals surface area (Å²) in [5.74, 6) is 0.653. The Morgan fingerprint density at radius 1 is 1.42 bits per heavy atom. The second-order valence-electron chi connectivity index (χ2n) is 5.25. The number of carbonyl (C=O) groups excluding carboxylic acids is 1. The summed E-state index contributed by atoms with van der Waals surface area (Å²) in [4.78, 5) is 14.5. The molecule has 0 spiro atoms. The largest absolute Gasteiger partial charge is 0.338 e. The Hall–Kier alpha value is -0.580. The molecule has 2 atom stereocenters. The molecule has 2 aliphatic heterocycles. The minimum Gasteiger partial charge on any atom is -0.338 e. The van der Waals surface area contributed by atoms with Gasteiger partial charge in [0.05, 0.1) is 10.6 Å². The van der Waals surface area contributed by atoms with Gasteiger partial charge in [-0.05, 0) is 53.4 Å². The molecule has 1 amide bonds. The Morgan fingerprint density at radius 3 is 3.11 bits per heavy atom. The number of halogens is 2. The van der Waals surface area contributed by atoms with Gasteiger partial charge in [0.15, 0.2) is 0 Å². The molecule has 2 aliphatic rings. The summed E-state index contributed by atoms with van der Waals surface area (Å²) in [5, 5.41) is 4.02. The summed E-state index contributed by atoms with van der Waals surface area (Å²) in [6.07, 6.45) is 2.21. The maximum absolute atomic E-state index is 12.6. The van der Waals surface area contributed by atoms with Gasteiger partial charge in [-0.2, -0.15) is 0 Å². The van der Waals surface area contributed by atoms with E-state index in [1.54, 1.807) is 6.07 Å². The van der Waals surface area contributed by atoms with Crippen molar-refractivity contribution in [2.24, 2.45) is 5.92 Å². The predicted octanol–water partition coefficient (Wildman–Crippen LogP) is 2.93. The summed E-state index contributed by atoms with van der Waals surface area (Å²) in [7, 11) is 0. The molecule has 0 aliphatic carbocycles. The van der Waals surface area contributed by atoms with Crippen LogP contribution in [0.15, 0.2) is 22.7 Å². The van der Waals surface area contributed by atoms with Crippen molar-refractivity contribution >= 4 is 33.4 Å². The molecule has 3 rings (SSSR count). The van der Waals surface area contributed by atoms with Crippen LogP contribution in [-0.4, -0.2) is 36.5 Å². The number of amides is 1. The van der Waals surface area contributed by atoms with Crippen LogP contribution in [0.1, 0.15) is 23.2 Å². The molecule has 2 heterocycles. The van der Waals surface area contributed by atoms with E-state index < -0.39 is 0 Å². The molecule has 5 heteroatoms. The van der Waals surface area contributed by atoms with Crippen LogP contribution in [0.4, 0.5) is 0 Å². The van der Waals surface area contributed by atoms with E-state index in [0.717, 1.165) is 30.5 Å². The van der Waals surface area contributed by atoms with Gasteiger partial charge in [-0.15, -0.1) is 0 Å². The molecule has 0 radical (unpaired) electrons. The molecule has 2 unspecified atom stereocenters. The molecule has 2 fully saturated rings. The lowest BCUT2D eigenvalue weighted by Gasteiger charge is -2.35. The number of nitrogens with one attached hydrogen (secondary N) is 1. The van der Waals surface area contributed by atoms with E-state index in [-0.39, 0.29) is 5.91 Å². The normalized spacial score (nSPS) is 26.3. The number of piperidine rings is 1. The summed E-state index contributed by atoms with van der Waals surface area (Å²) in [6, 6.07) is 6.11. The lowest BCUT2D eigenvalue weighted by atomic mass is 9.93. The van der Waals surface area contributed by atoms with Crippen molar-refractivity contribution < 1.29 is 4.79 Å². The Bertz CT molecular complexity index is 508. The molecule has 0 aromatic heterocycles. The number of rotatable bonds is 1. The average Bonchev–Trinajstić information content (AvgIpc) is 2.88. The molecule has 1 N–H and O–H groups in total. The van der Waals surface area contributed by atoms with E-state index in [4.69, 9.17) is 11.6 Å². The zero-order chi connectivity index (χ0) is 13.4. The molecular weight excluding hydrogens is 328 g/mol. The van der Waals surface area contributed by atoms with Crippen LogP contribution < -0.4 is 5.32 Å². The van der Waals surface area contributed by atoms with Gasteiger partial charge >= 0.3 is 0 Å². The molecule has 1 aromatic rings. The highest BCUT2D eigenvalue weighted by molar-refractivity contribution is 9.10. The second kappa shape index (κ2) is 5.43. The fourth-order valence-electron chi connectivity index (χ4n) is 3.07. The molecule has 2 saturated heterocycles. The van der Waals surface area contributed by atoms with Gasteiger partial charge < -0.3 is 10.2 Å². The van der Waals surface area contributed by atoms with Crippen LogP contribution >= 0.6 is 27.5 Å². The third-order valence-corrected chi connectivity index (χ3v) is 5.42. The first-order valence-electron chi connectivity index (χ1n) is 6.63. The fourth-order valence-corrected chi connectivity index (χ4v) is 3.64. The van der Waals surface area contributed by atoms with Crippen LogP contribution in [0.5, 0.6) is 0 Å². The van der Waals surface area contributed by atoms with Gasteiger partial charge in [-0.1, -0.05) is 17.7 Å². The minimum atomic E-state index is 0.0525. The summed E-state index contributed by atoms with van der Waals surface area (Å²) in [5.41, 5.74) is 0.598. The van der Waals surface area contributed by atoms with Gasteiger partial charge in [0.25, 0.3) is 5.91 Å². The highest BCUT2D eigenvalue weighted by atomic mass is 79.9. The molecular formula is C14H16BrClN2O. The third-order valence-electron chi connectivity index (χ3n) is 4.12. The lowest BCUT2D eigenvalue weighted by Crippen LogP contribution is -2.46. The fraction of sp³-hybridized carbons (Fsp3) is 0.500. The van der Waals surface area contributed by atoms with Gasteiger partial charge in [0.1, 0.15) is 0 Å². The van der Waals surface area contributed by atoms with Crippen LogP contribution in [0.2, 0.25) is 5.02 Å². The zero-order valence-corrected chi connectivity index (χ0v) is 12.9. The molecule has 1 aromatic carbocycles. The molecule has 0 saturated carbocycles. The second-order valence-corrected chi connectivity index (χ2v) is 6.48. The lowest BCUT2D eigenvalue weighted by molar-refractivity contribution is 0.0662. The smallest absolute Gasteiger partial charge is 0.255 e. The average molecular weight is 344 g/mol. The van der Waals surface area contributed by atoms with Crippen LogP contribution in [0.25, 0.3) is 0 Å². The van der Waals surface area contributed by atoms with Gasteiger partial charge in [0.2, 0.25) is 0 Å². The Kier molecular flexibility index (Phi) is 3.83. The summed E-state index contributed by atoms with van der Waals surface area (Å²) in [6.45, 7) is 2.74. The maximum Gasteiger partial charge on any atom is 0.255 e. The highest BCUT2D eigenvalue weighted by Crippen LogP contribution is 2.30. The van der Waals surface area contributed by atoms with Crippen molar-refractivity contribution in [3.8, 4) is 0 Å². The topological polar surface area (TPSA) is 32.3 Å². The van der Waals surface area contributed by atoms with Crippen LogP contribution in [0.3, 0.4) is 0 Å². The van der Waals surface area contributed by atoms with Gasteiger partial charge in [-0.3, -0.25) is 4.79 Å². The Labute approximate surface area is 126 Å². The third kappa shape index (κ3) is 2.54.